The molecule has 0 spiro atoms. The number of ether oxygens (including phenoxy) is 2. The van der Waals surface area contributed by atoms with Gasteiger partial charge >= 0.3 is 5.97 Å². The molecule has 1 amide bonds. The quantitative estimate of drug-likeness (QED) is 0.428. The van der Waals surface area contributed by atoms with Crippen LogP contribution in [0.2, 0.25) is 0 Å². The monoisotopic (exact) mass is 458 g/mol. The highest BCUT2D eigenvalue weighted by molar-refractivity contribution is 5.95. The van der Waals surface area contributed by atoms with Crippen molar-refractivity contribution in [2.24, 2.45) is 0 Å². The Kier molecular flexibility index (Phi) is 7.67. The van der Waals surface area contributed by atoms with Crippen molar-refractivity contribution in [3.63, 3.8) is 0 Å². The minimum absolute atomic E-state index is 0.120. The van der Waals surface area contributed by atoms with Gasteiger partial charge in [0.05, 0.1) is 43.0 Å². The van der Waals surface area contributed by atoms with Crippen molar-refractivity contribution in [2.75, 3.05) is 50.6 Å². The van der Waals surface area contributed by atoms with E-state index in [2.05, 4.69) is 10.2 Å². The van der Waals surface area contributed by atoms with E-state index in [9.17, 15) is 24.8 Å². The van der Waals surface area contributed by atoms with Crippen LogP contribution in [0, 0.1) is 10.1 Å². The highest BCUT2D eigenvalue weighted by Crippen LogP contribution is 2.30. The summed E-state index contributed by atoms with van der Waals surface area (Å²) >= 11 is 0. The van der Waals surface area contributed by atoms with E-state index in [0.29, 0.717) is 26.2 Å². The number of para-hydroxylation sites is 2. The third-order valence-corrected chi connectivity index (χ3v) is 5.51. The minimum Gasteiger partial charge on any atom is -0.495 e. The van der Waals surface area contributed by atoms with Crippen LogP contribution in [0.3, 0.4) is 0 Å². The zero-order chi connectivity index (χ0) is 24.0. The number of methoxy groups -OCH3 is 2. The number of carboxylic acids is 1. The maximum atomic E-state index is 12.6. The zero-order valence-corrected chi connectivity index (χ0v) is 18.4. The molecule has 1 fully saturated rings. The summed E-state index contributed by atoms with van der Waals surface area (Å²) in [6.45, 7) is 2.09. The molecule has 2 aromatic carbocycles. The Bertz CT molecular complexity index is 1020. The van der Waals surface area contributed by atoms with E-state index >= 15 is 0 Å². The fourth-order valence-corrected chi connectivity index (χ4v) is 3.81. The van der Waals surface area contributed by atoms with E-state index in [1.54, 1.807) is 12.0 Å². The second-order valence-electron chi connectivity index (χ2n) is 7.44. The first-order valence-electron chi connectivity index (χ1n) is 10.3. The number of piperazine rings is 1. The smallest absolute Gasteiger partial charge is 0.321 e. The predicted molar refractivity (Wildman–Crippen MR) is 121 cm³/mol. The summed E-state index contributed by atoms with van der Waals surface area (Å²) < 4.78 is 10.5. The summed E-state index contributed by atoms with van der Waals surface area (Å²) in [5.74, 6) is -0.750. The fraction of sp³-hybridized carbons (Fsp3) is 0.364. The van der Waals surface area contributed by atoms with Crippen molar-refractivity contribution in [3.8, 4) is 11.5 Å². The lowest BCUT2D eigenvalue weighted by Crippen LogP contribution is -2.53. The van der Waals surface area contributed by atoms with Gasteiger partial charge in [-0.2, -0.15) is 0 Å². The number of amides is 1. The van der Waals surface area contributed by atoms with Crippen LogP contribution in [0.15, 0.2) is 42.5 Å². The number of nitrogens with zero attached hydrogens (tertiary/aromatic N) is 3. The molecule has 0 bridgehead atoms. The molecule has 33 heavy (non-hydrogen) atoms. The fourth-order valence-electron chi connectivity index (χ4n) is 3.81. The molecule has 1 aliphatic heterocycles. The van der Waals surface area contributed by atoms with E-state index in [0.717, 1.165) is 11.4 Å². The van der Waals surface area contributed by atoms with E-state index in [-0.39, 0.29) is 23.5 Å². The maximum Gasteiger partial charge on any atom is 0.321 e. The van der Waals surface area contributed by atoms with Crippen LogP contribution in [0.1, 0.15) is 6.42 Å². The van der Waals surface area contributed by atoms with Crippen LogP contribution < -0.4 is 19.7 Å². The molecule has 1 aliphatic rings. The van der Waals surface area contributed by atoms with Crippen molar-refractivity contribution >= 4 is 28.9 Å². The molecule has 11 heteroatoms. The second-order valence-corrected chi connectivity index (χ2v) is 7.44. The maximum absolute atomic E-state index is 12.6. The molecule has 2 N–H and O–H groups in total. The number of carbonyl (C=O) groups excluding carboxylic acids is 1. The van der Waals surface area contributed by atoms with E-state index < -0.39 is 22.8 Å². The third kappa shape index (κ3) is 5.69. The Balaban J connectivity index is 1.64. The Labute approximate surface area is 190 Å². The Morgan fingerprint density at radius 3 is 2.36 bits per heavy atom. The molecular weight excluding hydrogens is 432 g/mol. The SMILES string of the molecule is COc1cc([N+](=O)[O-])ccc1NC(=O)C[C@@H](C(=O)O)N1CCN(c2ccccc2OC)CC1. The van der Waals surface area contributed by atoms with Gasteiger partial charge in [0, 0.05) is 32.2 Å². The van der Waals surface area contributed by atoms with Gasteiger partial charge in [0.15, 0.2) is 0 Å². The highest BCUT2D eigenvalue weighted by Gasteiger charge is 2.31. The summed E-state index contributed by atoms with van der Waals surface area (Å²) in [5.41, 5.74) is 0.994. The standard InChI is InChI=1S/C22H26N4O7/c1-32-19-6-4-3-5-17(19)24-9-11-25(12-10-24)18(22(28)29)14-21(27)23-16-8-7-15(26(30)31)13-20(16)33-2/h3-8,13,18H,9-12,14H2,1-2H3,(H,23,27)(H,28,29)/t18-/m0/s1. The average Bonchev–Trinajstić information content (AvgIpc) is 2.82. The summed E-state index contributed by atoms with van der Waals surface area (Å²) in [6.07, 6.45) is -0.274. The molecule has 0 aromatic heterocycles. The lowest BCUT2D eigenvalue weighted by atomic mass is 10.1. The van der Waals surface area contributed by atoms with Gasteiger partial charge in [0.25, 0.3) is 5.69 Å². The molecule has 1 heterocycles. The number of aliphatic carboxylic acids is 1. The van der Waals surface area contributed by atoms with Crippen LogP contribution in [-0.2, 0) is 9.59 Å². The molecule has 176 valence electrons. The molecule has 2 aromatic rings. The van der Waals surface area contributed by atoms with Gasteiger partial charge in [-0.25, -0.2) is 0 Å². The summed E-state index contributed by atoms with van der Waals surface area (Å²) in [6, 6.07) is 10.4. The van der Waals surface area contributed by atoms with Crippen LogP contribution in [0.4, 0.5) is 17.1 Å². The van der Waals surface area contributed by atoms with Crippen molar-refractivity contribution in [1.29, 1.82) is 0 Å². The van der Waals surface area contributed by atoms with E-state index in [4.69, 9.17) is 9.47 Å². The number of carboxylic acid groups (broad SMARTS) is 1. The van der Waals surface area contributed by atoms with Gasteiger partial charge in [-0.1, -0.05) is 12.1 Å². The largest absolute Gasteiger partial charge is 0.495 e. The second kappa shape index (κ2) is 10.6. The number of non-ortho nitro benzene ring substituents is 1. The number of rotatable bonds is 9. The number of hydrogen-bond donors (Lipinski definition) is 2. The third-order valence-electron chi connectivity index (χ3n) is 5.51. The van der Waals surface area contributed by atoms with Crippen molar-refractivity contribution in [1.82, 2.24) is 4.90 Å². The number of nitro groups is 1. The van der Waals surface area contributed by atoms with Crippen molar-refractivity contribution in [3.05, 3.63) is 52.6 Å². The van der Waals surface area contributed by atoms with Crippen LogP contribution in [0.5, 0.6) is 11.5 Å². The first-order chi connectivity index (χ1) is 15.8. The Morgan fingerprint density at radius 1 is 1.09 bits per heavy atom. The first-order valence-corrected chi connectivity index (χ1v) is 10.3. The first kappa shape index (κ1) is 23.8. The van der Waals surface area contributed by atoms with Crippen LogP contribution in [0.25, 0.3) is 0 Å². The minimum atomic E-state index is -1.09. The van der Waals surface area contributed by atoms with Gasteiger partial charge in [-0.15, -0.1) is 0 Å². The predicted octanol–water partition coefficient (Wildman–Crippen LogP) is 2.22. The Hall–Kier alpha value is -3.86. The summed E-state index contributed by atoms with van der Waals surface area (Å²) in [4.78, 5) is 38.8. The molecule has 0 radical (unpaired) electrons. The van der Waals surface area contributed by atoms with Crippen molar-refractivity contribution in [2.45, 2.75) is 12.5 Å². The van der Waals surface area contributed by atoms with Crippen molar-refractivity contribution < 1.29 is 29.1 Å². The van der Waals surface area contributed by atoms with Gasteiger partial charge < -0.3 is 24.8 Å². The van der Waals surface area contributed by atoms with E-state index in [1.165, 1.54) is 25.3 Å². The van der Waals surface area contributed by atoms with Crippen LogP contribution >= 0.6 is 0 Å². The molecule has 0 aliphatic carbocycles. The topological polar surface area (TPSA) is 134 Å². The Morgan fingerprint density at radius 2 is 1.76 bits per heavy atom. The average molecular weight is 458 g/mol. The number of hydrogen-bond acceptors (Lipinski definition) is 8. The molecule has 0 unspecified atom stereocenters. The highest BCUT2D eigenvalue weighted by atomic mass is 16.6. The molecule has 0 saturated carbocycles. The summed E-state index contributed by atoms with van der Waals surface area (Å²) in [7, 11) is 2.93. The lowest BCUT2D eigenvalue weighted by Gasteiger charge is -2.39. The number of nitrogens with one attached hydrogen (secondary N) is 1. The molecular formula is C22H26N4O7. The van der Waals surface area contributed by atoms with E-state index in [1.807, 2.05) is 24.3 Å². The lowest BCUT2D eigenvalue weighted by molar-refractivity contribution is -0.384. The number of nitro benzene ring substituents is 1. The molecule has 11 nitrogen and oxygen atoms in total. The van der Waals surface area contributed by atoms with Gasteiger partial charge in [-0.3, -0.25) is 24.6 Å². The van der Waals surface area contributed by atoms with Gasteiger partial charge in [0.2, 0.25) is 5.91 Å². The normalized spacial score (nSPS) is 14.9. The zero-order valence-electron chi connectivity index (χ0n) is 18.4. The molecule has 1 atom stereocenters. The van der Waals surface area contributed by atoms with Gasteiger partial charge in [-0.05, 0) is 18.2 Å². The molecule has 3 rings (SSSR count). The number of anilines is 2. The number of carbonyl (C=O) groups is 2. The van der Waals surface area contributed by atoms with Gasteiger partial charge in [0.1, 0.15) is 17.5 Å². The summed E-state index contributed by atoms with van der Waals surface area (Å²) in [5, 5.41) is 23.3. The number of benzene rings is 2. The van der Waals surface area contributed by atoms with Crippen LogP contribution in [-0.4, -0.2) is 73.2 Å². The molecule has 1 saturated heterocycles.